The predicted molar refractivity (Wildman–Crippen MR) is 61.5 cm³/mol. The molecule has 0 saturated heterocycles. The highest BCUT2D eigenvalue weighted by Crippen LogP contribution is 2.26. The van der Waals surface area contributed by atoms with Crippen LogP contribution in [-0.4, -0.2) is 12.1 Å². The highest BCUT2D eigenvalue weighted by molar-refractivity contribution is 9.10. The van der Waals surface area contributed by atoms with E-state index in [1.165, 1.54) is 0 Å². The number of benzene rings is 1. The minimum Gasteiger partial charge on any atom is -0.493 e. The molecule has 1 heterocycles. The maximum absolute atomic E-state index is 5.55. The Labute approximate surface area is 101 Å². The zero-order valence-electron chi connectivity index (χ0n) is 8.64. The minimum absolute atomic E-state index is 0.318. The molecule has 0 atom stereocenters. The van der Waals surface area contributed by atoms with Crippen molar-refractivity contribution in [1.29, 1.82) is 0 Å². The van der Waals surface area contributed by atoms with Gasteiger partial charge in [0.1, 0.15) is 6.61 Å². The number of nitrogens with zero attached hydrogens (tertiary/aromatic N) is 1. The summed E-state index contributed by atoms with van der Waals surface area (Å²) in [6.07, 6.45) is 1.61. The lowest BCUT2D eigenvalue weighted by molar-refractivity contribution is 0.254. The number of rotatable bonds is 4. The number of methoxy groups -OCH3 is 1. The van der Waals surface area contributed by atoms with Crippen molar-refractivity contribution < 1.29 is 13.9 Å². The molecular formula is C11H10BrNO3. The summed E-state index contributed by atoms with van der Waals surface area (Å²) in [5.41, 5.74) is 0. The van der Waals surface area contributed by atoms with Crippen LogP contribution in [0.3, 0.4) is 0 Å². The maximum Gasteiger partial charge on any atom is 0.264 e. The molecular weight excluding hydrogens is 274 g/mol. The van der Waals surface area contributed by atoms with E-state index in [1.807, 2.05) is 24.3 Å². The van der Waals surface area contributed by atoms with Crippen LogP contribution in [0.1, 0.15) is 5.76 Å². The van der Waals surface area contributed by atoms with Gasteiger partial charge in [-0.25, -0.2) is 4.98 Å². The molecule has 0 aliphatic carbocycles. The van der Waals surface area contributed by atoms with Crippen molar-refractivity contribution in [1.82, 2.24) is 4.98 Å². The zero-order valence-corrected chi connectivity index (χ0v) is 10.2. The second kappa shape index (κ2) is 5.03. The zero-order chi connectivity index (χ0) is 11.4. The van der Waals surface area contributed by atoms with Crippen LogP contribution in [0, 0.1) is 0 Å². The molecule has 84 valence electrons. The molecule has 0 saturated carbocycles. The first-order valence-electron chi connectivity index (χ1n) is 4.65. The Bertz CT molecular complexity index is 470. The number of hydrogen-bond acceptors (Lipinski definition) is 4. The smallest absolute Gasteiger partial charge is 0.264 e. The summed E-state index contributed by atoms with van der Waals surface area (Å²) >= 11 is 3.13. The average Bonchev–Trinajstić information content (AvgIpc) is 2.73. The quantitative estimate of drug-likeness (QED) is 0.865. The standard InChI is InChI=1S/C11H10BrNO3/c1-14-9-4-2-3-5-10(9)15-7-8-6-13-11(12)16-8/h2-6H,7H2,1H3. The Morgan fingerprint density at radius 1 is 1.31 bits per heavy atom. The molecule has 0 bridgehead atoms. The summed E-state index contributed by atoms with van der Waals surface area (Å²) in [5.74, 6) is 2.02. The fourth-order valence-electron chi connectivity index (χ4n) is 1.24. The maximum atomic E-state index is 5.55. The Kier molecular flexibility index (Phi) is 3.46. The van der Waals surface area contributed by atoms with Crippen molar-refractivity contribution in [3.8, 4) is 11.5 Å². The molecule has 0 N–H and O–H groups in total. The van der Waals surface area contributed by atoms with Crippen LogP contribution in [0.25, 0.3) is 0 Å². The molecule has 0 aliphatic heterocycles. The molecule has 2 rings (SSSR count). The topological polar surface area (TPSA) is 44.5 Å². The number of para-hydroxylation sites is 2. The summed E-state index contributed by atoms with van der Waals surface area (Å²) in [6, 6.07) is 7.45. The molecule has 0 fully saturated rings. The Morgan fingerprint density at radius 2 is 2.06 bits per heavy atom. The van der Waals surface area contributed by atoms with Crippen molar-refractivity contribution in [3.63, 3.8) is 0 Å². The molecule has 0 radical (unpaired) electrons. The Balaban J connectivity index is 2.04. The van der Waals surface area contributed by atoms with E-state index < -0.39 is 0 Å². The van der Waals surface area contributed by atoms with Gasteiger partial charge in [-0.05, 0) is 12.1 Å². The monoisotopic (exact) mass is 283 g/mol. The van der Waals surface area contributed by atoms with E-state index in [4.69, 9.17) is 13.9 Å². The van der Waals surface area contributed by atoms with E-state index >= 15 is 0 Å². The van der Waals surface area contributed by atoms with Crippen LogP contribution in [0.2, 0.25) is 0 Å². The highest BCUT2D eigenvalue weighted by atomic mass is 79.9. The van der Waals surface area contributed by atoms with Crippen molar-refractivity contribution in [2.24, 2.45) is 0 Å². The summed E-state index contributed by atoms with van der Waals surface area (Å²) in [6.45, 7) is 0.318. The number of halogens is 1. The molecule has 4 nitrogen and oxygen atoms in total. The number of hydrogen-bond donors (Lipinski definition) is 0. The molecule has 1 aromatic carbocycles. The first-order chi connectivity index (χ1) is 7.79. The lowest BCUT2D eigenvalue weighted by Crippen LogP contribution is -1.96. The van der Waals surface area contributed by atoms with Gasteiger partial charge < -0.3 is 13.9 Å². The van der Waals surface area contributed by atoms with Gasteiger partial charge in [-0.1, -0.05) is 12.1 Å². The lowest BCUT2D eigenvalue weighted by atomic mass is 10.3. The van der Waals surface area contributed by atoms with E-state index in [-0.39, 0.29) is 0 Å². The third-order valence-electron chi connectivity index (χ3n) is 1.96. The SMILES string of the molecule is COc1ccccc1OCc1cnc(Br)o1. The molecule has 5 heteroatoms. The van der Waals surface area contributed by atoms with E-state index in [2.05, 4.69) is 20.9 Å². The van der Waals surface area contributed by atoms with Crippen LogP contribution in [0.4, 0.5) is 0 Å². The Hall–Kier alpha value is -1.49. The first kappa shape index (κ1) is 11.0. The van der Waals surface area contributed by atoms with Crippen LogP contribution in [0.15, 0.2) is 39.7 Å². The number of oxazole rings is 1. The first-order valence-corrected chi connectivity index (χ1v) is 5.45. The van der Waals surface area contributed by atoms with E-state index in [9.17, 15) is 0 Å². The van der Waals surface area contributed by atoms with Gasteiger partial charge in [0, 0.05) is 15.9 Å². The molecule has 2 aromatic rings. The molecule has 0 aliphatic rings. The highest BCUT2D eigenvalue weighted by Gasteiger charge is 2.05. The van der Waals surface area contributed by atoms with Gasteiger partial charge in [-0.15, -0.1) is 0 Å². The van der Waals surface area contributed by atoms with Gasteiger partial charge in [0.2, 0.25) is 0 Å². The fourth-order valence-corrected chi connectivity index (χ4v) is 1.55. The summed E-state index contributed by atoms with van der Waals surface area (Å²) < 4.78 is 15.9. The average molecular weight is 284 g/mol. The fraction of sp³-hybridized carbons (Fsp3) is 0.182. The van der Waals surface area contributed by atoms with Crippen molar-refractivity contribution in [2.45, 2.75) is 6.61 Å². The molecule has 16 heavy (non-hydrogen) atoms. The van der Waals surface area contributed by atoms with Crippen LogP contribution >= 0.6 is 15.9 Å². The number of ether oxygens (including phenoxy) is 2. The molecule has 0 amide bonds. The van der Waals surface area contributed by atoms with Crippen LogP contribution in [-0.2, 0) is 6.61 Å². The summed E-state index contributed by atoms with van der Waals surface area (Å²) in [5, 5.41) is 0. The Morgan fingerprint density at radius 3 is 2.69 bits per heavy atom. The van der Waals surface area contributed by atoms with Gasteiger partial charge in [0.05, 0.1) is 13.3 Å². The second-order valence-corrected chi connectivity index (χ2v) is 3.70. The van der Waals surface area contributed by atoms with Gasteiger partial charge in [0.15, 0.2) is 17.3 Å². The van der Waals surface area contributed by atoms with Crippen LogP contribution < -0.4 is 9.47 Å². The lowest BCUT2D eigenvalue weighted by Gasteiger charge is -2.08. The number of aromatic nitrogens is 1. The predicted octanol–water partition coefficient (Wildman–Crippen LogP) is 3.02. The molecule has 0 unspecified atom stereocenters. The van der Waals surface area contributed by atoms with E-state index in [1.54, 1.807) is 13.3 Å². The largest absolute Gasteiger partial charge is 0.493 e. The van der Waals surface area contributed by atoms with Crippen LogP contribution in [0.5, 0.6) is 11.5 Å². The van der Waals surface area contributed by atoms with E-state index in [0.717, 1.165) is 0 Å². The molecule has 1 aromatic heterocycles. The second-order valence-electron chi connectivity index (χ2n) is 3.02. The minimum atomic E-state index is 0.318. The third-order valence-corrected chi connectivity index (χ3v) is 2.33. The van der Waals surface area contributed by atoms with E-state index in [0.29, 0.717) is 28.7 Å². The summed E-state index contributed by atoms with van der Waals surface area (Å²) in [7, 11) is 1.60. The van der Waals surface area contributed by atoms with Gasteiger partial charge in [-0.3, -0.25) is 0 Å². The summed E-state index contributed by atoms with van der Waals surface area (Å²) in [4.78, 5) is 4.36. The van der Waals surface area contributed by atoms with Crippen molar-refractivity contribution >= 4 is 15.9 Å². The molecule has 0 spiro atoms. The normalized spacial score (nSPS) is 10.1. The van der Waals surface area contributed by atoms with Gasteiger partial charge >= 0.3 is 0 Å². The van der Waals surface area contributed by atoms with Gasteiger partial charge in [0.25, 0.3) is 4.80 Å². The third kappa shape index (κ3) is 2.55. The van der Waals surface area contributed by atoms with Crippen molar-refractivity contribution in [2.75, 3.05) is 7.11 Å². The van der Waals surface area contributed by atoms with Gasteiger partial charge in [-0.2, -0.15) is 0 Å². The van der Waals surface area contributed by atoms with Crippen molar-refractivity contribution in [3.05, 3.63) is 41.0 Å².